The Hall–Kier alpha value is -1.38. The Kier molecular flexibility index (Phi) is 3.83. The summed E-state index contributed by atoms with van der Waals surface area (Å²) in [4.78, 5) is 10.4. The van der Waals surface area contributed by atoms with Crippen LogP contribution in [0.2, 0.25) is 0 Å². The van der Waals surface area contributed by atoms with Crippen molar-refractivity contribution in [1.29, 1.82) is 0 Å². The molecule has 1 atom stereocenters. The molecule has 0 aliphatic carbocycles. The molecule has 1 aromatic carbocycles. The lowest BCUT2D eigenvalue weighted by atomic mass is 9.96. The van der Waals surface area contributed by atoms with Crippen LogP contribution < -0.4 is 4.74 Å². The normalized spacial score (nSPS) is 12.3. The fourth-order valence-electron chi connectivity index (χ4n) is 1.55. The van der Waals surface area contributed by atoms with E-state index in [4.69, 9.17) is 4.74 Å². The minimum Gasteiger partial charge on any atom is -0.496 e. The largest absolute Gasteiger partial charge is 0.496 e. The van der Waals surface area contributed by atoms with Crippen molar-refractivity contribution < 1.29 is 13.9 Å². The molecule has 0 spiro atoms. The summed E-state index contributed by atoms with van der Waals surface area (Å²) in [6.45, 7) is 3.69. The second-order valence-corrected chi connectivity index (χ2v) is 3.65. The summed E-state index contributed by atoms with van der Waals surface area (Å²) < 4.78 is 18.6. The van der Waals surface area contributed by atoms with E-state index in [0.717, 1.165) is 11.8 Å². The maximum Gasteiger partial charge on any atom is 0.130 e. The summed E-state index contributed by atoms with van der Waals surface area (Å²) in [7, 11) is 1.51. The van der Waals surface area contributed by atoms with Crippen molar-refractivity contribution in [2.75, 3.05) is 7.11 Å². The molecule has 0 aliphatic heterocycles. The highest BCUT2D eigenvalue weighted by Crippen LogP contribution is 2.27. The van der Waals surface area contributed by atoms with Crippen molar-refractivity contribution in [3.63, 3.8) is 0 Å². The van der Waals surface area contributed by atoms with E-state index in [1.807, 2.05) is 13.8 Å². The average molecular weight is 210 g/mol. The summed E-state index contributed by atoms with van der Waals surface area (Å²) >= 11 is 0. The number of methoxy groups -OCH3 is 1. The van der Waals surface area contributed by atoms with Crippen LogP contribution in [-0.2, 0) is 4.79 Å². The number of aldehydes is 1. The van der Waals surface area contributed by atoms with Gasteiger partial charge in [-0.3, -0.25) is 0 Å². The van der Waals surface area contributed by atoms with Crippen molar-refractivity contribution in [3.05, 3.63) is 29.1 Å². The van der Waals surface area contributed by atoms with E-state index in [1.54, 1.807) is 6.07 Å². The number of hydrogen-bond donors (Lipinski definition) is 0. The molecule has 0 amide bonds. The molecule has 0 aromatic heterocycles. The molecule has 0 saturated heterocycles. The maximum atomic E-state index is 13.6. The quantitative estimate of drug-likeness (QED) is 0.714. The summed E-state index contributed by atoms with van der Waals surface area (Å²) in [6.07, 6.45) is 1.15. The Morgan fingerprint density at radius 3 is 2.73 bits per heavy atom. The van der Waals surface area contributed by atoms with Crippen LogP contribution in [0.4, 0.5) is 4.39 Å². The van der Waals surface area contributed by atoms with Gasteiger partial charge in [-0.25, -0.2) is 4.39 Å². The SMILES string of the molecule is COc1cc(F)c(C(C)CC=O)cc1C. The standard InChI is InChI=1S/C12H15FO2/c1-8(4-5-14)10-6-9(2)12(15-3)7-11(10)13/h5-8H,4H2,1-3H3. The molecule has 1 rings (SSSR count). The van der Waals surface area contributed by atoms with Crippen LogP contribution in [-0.4, -0.2) is 13.4 Å². The third-order valence-corrected chi connectivity index (χ3v) is 2.49. The highest BCUT2D eigenvalue weighted by Gasteiger charge is 2.13. The van der Waals surface area contributed by atoms with Crippen molar-refractivity contribution in [2.45, 2.75) is 26.2 Å². The van der Waals surface area contributed by atoms with E-state index in [0.29, 0.717) is 17.7 Å². The van der Waals surface area contributed by atoms with Crippen molar-refractivity contribution in [1.82, 2.24) is 0 Å². The van der Waals surface area contributed by atoms with Gasteiger partial charge in [0.2, 0.25) is 0 Å². The van der Waals surface area contributed by atoms with Crippen molar-refractivity contribution in [2.24, 2.45) is 0 Å². The first-order valence-corrected chi connectivity index (χ1v) is 4.87. The van der Waals surface area contributed by atoms with Crippen LogP contribution in [0.5, 0.6) is 5.75 Å². The van der Waals surface area contributed by atoms with E-state index in [1.165, 1.54) is 13.2 Å². The van der Waals surface area contributed by atoms with Gasteiger partial charge in [0.05, 0.1) is 7.11 Å². The van der Waals surface area contributed by atoms with Crippen LogP contribution in [0.25, 0.3) is 0 Å². The lowest BCUT2D eigenvalue weighted by Crippen LogP contribution is -2.00. The number of halogens is 1. The molecular formula is C12H15FO2. The summed E-state index contributed by atoms with van der Waals surface area (Å²) in [5, 5.41) is 0. The average Bonchev–Trinajstić information content (AvgIpc) is 2.21. The number of carbonyl (C=O) groups excluding carboxylic acids is 1. The van der Waals surface area contributed by atoms with Gasteiger partial charge in [-0.2, -0.15) is 0 Å². The fourth-order valence-corrected chi connectivity index (χ4v) is 1.55. The smallest absolute Gasteiger partial charge is 0.130 e. The van der Waals surface area contributed by atoms with Crippen molar-refractivity contribution >= 4 is 6.29 Å². The van der Waals surface area contributed by atoms with Gasteiger partial charge in [0.15, 0.2) is 0 Å². The third kappa shape index (κ3) is 2.55. The minimum atomic E-state index is -0.313. The molecule has 0 saturated carbocycles. The molecule has 1 unspecified atom stereocenters. The van der Waals surface area contributed by atoms with Gasteiger partial charge < -0.3 is 9.53 Å². The number of ether oxygens (including phenoxy) is 1. The van der Waals surface area contributed by atoms with Gasteiger partial charge in [-0.15, -0.1) is 0 Å². The molecule has 2 nitrogen and oxygen atoms in total. The first kappa shape index (κ1) is 11.7. The zero-order chi connectivity index (χ0) is 11.4. The number of benzene rings is 1. The van der Waals surface area contributed by atoms with Gasteiger partial charge >= 0.3 is 0 Å². The molecule has 3 heteroatoms. The molecule has 1 aromatic rings. The van der Waals surface area contributed by atoms with Gasteiger partial charge in [0, 0.05) is 12.5 Å². The number of hydrogen-bond acceptors (Lipinski definition) is 2. The Labute approximate surface area is 89.1 Å². The highest BCUT2D eigenvalue weighted by molar-refractivity contribution is 5.52. The Bertz CT molecular complexity index is 361. The minimum absolute atomic E-state index is 0.0906. The summed E-state index contributed by atoms with van der Waals surface area (Å²) in [5.74, 6) is 0.133. The molecule has 0 fully saturated rings. The van der Waals surface area contributed by atoms with Crippen LogP contribution in [0.15, 0.2) is 12.1 Å². The molecule has 0 heterocycles. The molecule has 0 aliphatic rings. The van der Waals surface area contributed by atoms with E-state index in [9.17, 15) is 9.18 Å². The van der Waals surface area contributed by atoms with Crippen LogP contribution in [0, 0.1) is 12.7 Å². The predicted molar refractivity (Wildman–Crippen MR) is 56.8 cm³/mol. The maximum absolute atomic E-state index is 13.6. The van der Waals surface area contributed by atoms with E-state index < -0.39 is 0 Å². The van der Waals surface area contributed by atoms with E-state index in [-0.39, 0.29) is 11.7 Å². The second kappa shape index (κ2) is 4.91. The first-order valence-electron chi connectivity index (χ1n) is 4.87. The number of aryl methyl sites for hydroxylation is 1. The first-order chi connectivity index (χ1) is 7.10. The third-order valence-electron chi connectivity index (χ3n) is 2.49. The van der Waals surface area contributed by atoms with E-state index in [2.05, 4.69) is 0 Å². The lowest BCUT2D eigenvalue weighted by molar-refractivity contribution is -0.108. The molecular weight excluding hydrogens is 195 g/mol. The Morgan fingerprint density at radius 1 is 1.53 bits per heavy atom. The molecule has 82 valence electrons. The zero-order valence-corrected chi connectivity index (χ0v) is 9.21. The summed E-state index contributed by atoms with van der Waals surface area (Å²) in [6, 6.07) is 3.11. The Balaban J connectivity index is 3.09. The topological polar surface area (TPSA) is 26.3 Å². The zero-order valence-electron chi connectivity index (χ0n) is 9.21. The molecule has 0 N–H and O–H groups in total. The fraction of sp³-hybridized carbons (Fsp3) is 0.417. The van der Waals surface area contributed by atoms with Crippen molar-refractivity contribution in [3.8, 4) is 5.75 Å². The monoisotopic (exact) mass is 210 g/mol. The van der Waals surface area contributed by atoms with Crippen LogP contribution in [0.3, 0.4) is 0 Å². The van der Waals surface area contributed by atoms with Gasteiger partial charge in [-0.05, 0) is 30.0 Å². The lowest BCUT2D eigenvalue weighted by Gasteiger charge is -2.13. The van der Waals surface area contributed by atoms with Crippen LogP contribution in [0.1, 0.15) is 30.4 Å². The predicted octanol–water partition coefficient (Wildman–Crippen LogP) is 2.84. The molecule has 15 heavy (non-hydrogen) atoms. The number of carbonyl (C=O) groups is 1. The second-order valence-electron chi connectivity index (χ2n) is 3.65. The Morgan fingerprint density at radius 2 is 2.20 bits per heavy atom. The summed E-state index contributed by atoms with van der Waals surface area (Å²) in [5.41, 5.74) is 1.45. The van der Waals surface area contributed by atoms with E-state index >= 15 is 0 Å². The number of rotatable bonds is 4. The van der Waals surface area contributed by atoms with Crippen LogP contribution >= 0.6 is 0 Å². The highest BCUT2D eigenvalue weighted by atomic mass is 19.1. The van der Waals surface area contributed by atoms with Gasteiger partial charge in [0.1, 0.15) is 17.9 Å². The molecule has 0 bridgehead atoms. The van der Waals surface area contributed by atoms with Gasteiger partial charge in [-0.1, -0.05) is 6.92 Å². The van der Waals surface area contributed by atoms with Gasteiger partial charge in [0.25, 0.3) is 0 Å². The molecule has 0 radical (unpaired) electrons.